The third-order valence-electron chi connectivity index (χ3n) is 4.71. The van der Waals surface area contributed by atoms with Crippen molar-refractivity contribution in [3.05, 3.63) is 48.7 Å². The molecule has 3 N–H and O–H groups in total. The summed E-state index contributed by atoms with van der Waals surface area (Å²) >= 11 is 0. The molecule has 0 aliphatic rings. The predicted molar refractivity (Wildman–Crippen MR) is 108 cm³/mol. The van der Waals surface area contributed by atoms with E-state index in [2.05, 4.69) is 28.8 Å². The number of aromatic nitrogens is 4. The zero-order valence-electron chi connectivity index (χ0n) is 16.5. The molecule has 0 radical (unpaired) electrons. The van der Waals surface area contributed by atoms with E-state index in [1.54, 1.807) is 30.7 Å². The van der Waals surface area contributed by atoms with Crippen LogP contribution in [-0.2, 0) is 11.3 Å². The van der Waals surface area contributed by atoms with Gasteiger partial charge in [-0.3, -0.25) is 4.79 Å². The third-order valence-corrected chi connectivity index (χ3v) is 4.71. The molecule has 3 rings (SSSR count). The molecule has 8 heteroatoms. The van der Waals surface area contributed by atoms with Crippen LogP contribution in [0.3, 0.4) is 0 Å². The van der Waals surface area contributed by atoms with Gasteiger partial charge < -0.3 is 15.4 Å². The summed E-state index contributed by atoms with van der Waals surface area (Å²) in [6.45, 7) is 4.79. The van der Waals surface area contributed by atoms with Crippen molar-refractivity contribution in [3.8, 4) is 22.6 Å². The first kappa shape index (κ1) is 20.4. The number of nitrogens with two attached hydrogens (primary N) is 1. The van der Waals surface area contributed by atoms with Crippen LogP contribution in [0.1, 0.15) is 33.1 Å². The van der Waals surface area contributed by atoms with Gasteiger partial charge in [0.25, 0.3) is 0 Å². The van der Waals surface area contributed by atoms with Gasteiger partial charge in [0.1, 0.15) is 5.82 Å². The Hall–Kier alpha value is -3.29. The standard InChI is InChI=1S/C21H24FN5O2/c1-21(2,10-3-4-17(28)29)12-27-13-25-18(14-5-7-15(22)8-6-14)19(27)16-9-11-24-20(23)26-16/h5-9,11,13H,3-4,10,12H2,1-2H3,(H,28,29)(H2,23,24,26). The fourth-order valence-corrected chi connectivity index (χ4v) is 3.35. The molecule has 2 aromatic heterocycles. The quantitative estimate of drug-likeness (QED) is 0.595. The molecule has 0 unspecified atom stereocenters. The maximum Gasteiger partial charge on any atom is 0.303 e. The van der Waals surface area contributed by atoms with E-state index in [4.69, 9.17) is 10.8 Å². The van der Waals surface area contributed by atoms with Crippen molar-refractivity contribution < 1.29 is 14.3 Å². The van der Waals surface area contributed by atoms with Crippen LogP contribution in [0.2, 0.25) is 0 Å². The number of aliphatic carboxylic acids is 1. The number of carboxylic acid groups (broad SMARTS) is 1. The normalized spacial score (nSPS) is 11.6. The van der Waals surface area contributed by atoms with E-state index in [0.29, 0.717) is 24.4 Å². The minimum Gasteiger partial charge on any atom is -0.481 e. The Morgan fingerprint density at radius 1 is 1.21 bits per heavy atom. The Labute approximate surface area is 168 Å². The van der Waals surface area contributed by atoms with E-state index < -0.39 is 5.97 Å². The van der Waals surface area contributed by atoms with Crippen molar-refractivity contribution in [3.63, 3.8) is 0 Å². The van der Waals surface area contributed by atoms with Gasteiger partial charge in [0.05, 0.1) is 23.4 Å². The highest BCUT2D eigenvalue weighted by atomic mass is 19.1. The summed E-state index contributed by atoms with van der Waals surface area (Å²) in [5.41, 5.74) is 8.44. The number of imidazole rings is 1. The summed E-state index contributed by atoms with van der Waals surface area (Å²) in [5, 5.41) is 8.90. The Morgan fingerprint density at radius 3 is 2.59 bits per heavy atom. The lowest BCUT2D eigenvalue weighted by Crippen LogP contribution is -2.20. The lowest BCUT2D eigenvalue weighted by molar-refractivity contribution is -0.137. The molecule has 0 atom stereocenters. The van der Waals surface area contributed by atoms with E-state index in [-0.39, 0.29) is 23.6 Å². The highest BCUT2D eigenvalue weighted by molar-refractivity contribution is 5.77. The third kappa shape index (κ3) is 5.16. The molecule has 0 spiro atoms. The van der Waals surface area contributed by atoms with E-state index in [1.165, 1.54) is 12.1 Å². The van der Waals surface area contributed by atoms with Crippen molar-refractivity contribution >= 4 is 11.9 Å². The number of carboxylic acids is 1. The summed E-state index contributed by atoms with van der Waals surface area (Å²) < 4.78 is 15.4. The number of nitrogen functional groups attached to an aromatic ring is 1. The van der Waals surface area contributed by atoms with Crippen molar-refractivity contribution in [2.24, 2.45) is 5.41 Å². The number of hydrogen-bond acceptors (Lipinski definition) is 5. The molecule has 2 heterocycles. The molecular weight excluding hydrogens is 373 g/mol. The Kier molecular flexibility index (Phi) is 5.91. The molecule has 0 saturated heterocycles. The Bertz CT molecular complexity index is 999. The number of benzene rings is 1. The van der Waals surface area contributed by atoms with Crippen LogP contribution in [0.5, 0.6) is 0 Å². The molecule has 3 aromatic rings. The average molecular weight is 397 g/mol. The second kappa shape index (κ2) is 8.38. The molecule has 1 aromatic carbocycles. The molecule has 0 saturated carbocycles. The molecule has 7 nitrogen and oxygen atoms in total. The molecule has 0 amide bonds. The second-order valence-electron chi connectivity index (χ2n) is 7.79. The number of halogens is 1. The lowest BCUT2D eigenvalue weighted by atomic mass is 9.87. The summed E-state index contributed by atoms with van der Waals surface area (Å²) in [7, 11) is 0. The van der Waals surface area contributed by atoms with E-state index >= 15 is 0 Å². The van der Waals surface area contributed by atoms with Crippen LogP contribution in [0.25, 0.3) is 22.6 Å². The number of carbonyl (C=O) groups is 1. The maximum atomic E-state index is 13.4. The van der Waals surface area contributed by atoms with Gasteiger partial charge >= 0.3 is 5.97 Å². The first-order valence-electron chi connectivity index (χ1n) is 9.37. The van der Waals surface area contributed by atoms with E-state index in [0.717, 1.165) is 17.7 Å². The summed E-state index contributed by atoms with van der Waals surface area (Å²) in [6, 6.07) is 7.89. The molecular formula is C21H24FN5O2. The van der Waals surface area contributed by atoms with Crippen LogP contribution >= 0.6 is 0 Å². The zero-order valence-corrected chi connectivity index (χ0v) is 16.5. The van der Waals surface area contributed by atoms with Crippen molar-refractivity contribution in [2.45, 2.75) is 39.7 Å². The SMILES string of the molecule is CC(C)(CCCC(=O)O)Cn1cnc(-c2ccc(F)cc2)c1-c1ccnc(N)n1. The van der Waals surface area contributed by atoms with Gasteiger partial charge in [-0.2, -0.15) is 0 Å². The minimum atomic E-state index is -0.792. The van der Waals surface area contributed by atoms with Gasteiger partial charge in [0, 0.05) is 24.7 Å². The van der Waals surface area contributed by atoms with Crippen LogP contribution in [0.15, 0.2) is 42.9 Å². The highest BCUT2D eigenvalue weighted by Gasteiger charge is 2.23. The van der Waals surface area contributed by atoms with Gasteiger partial charge in [-0.05, 0) is 48.6 Å². The molecule has 0 aliphatic carbocycles. The fourth-order valence-electron chi connectivity index (χ4n) is 3.35. The smallest absolute Gasteiger partial charge is 0.303 e. The zero-order chi connectivity index (χ0) is 21.0. The monoisotopic (exact) mass is 397 g/mol. The molecule has 0 bridgehead atoms. The second-order valence-corrected chi connectivity index (χ2v) is 7.79. The molecule has 29 heavy (non-hydrogen) atoms. The maximum absolute atomic E-state index is 13.4. The van der Waals surface area contributed by atoms with E-state index in [1.807, 2.05) is 4.57 Å². The van der Waals surface area contributed by atoms with Crippen molar-refractivity contribution in [1.82, 2.24) is 19.5 Å². The number of anilines is 1. The first-order valence-corrected chi connectivity index (χ1v) is 9.37. The van der Waals surface area contributed by atoms with Crippen LogP contribution in [0.4, 0.5) is 10.3 Å². The topological polar surface area (TPSA) is 107 Å². The van der Waals surface area contributed by atoms with Crippen LogP contribution in [0, 0.1) is 11.2 Å². The van der Waals surface area contributed by atoms with Crippen molar-refractivity contribution in [1.29, 1.82) is 0 Å². The van der Waals surface area contributed by atoms with Gasteiger partial charge in [0.15, 0.2) is 0 Å². The predicted octanol–water partition coefficient (Wildman–Crippen LogP) is 4.01. The average Bonchev–Trinajstić information content (AvgIpc) is 3.04. The number of hydrogen-bond donors (Lipinski definition) is 2. The fraction of sp³-hybridized carbons (Fsp3) is 0.333. The Morgan fingerprint density at radius 2 is 1.93 bits per heavy atom. The molecule has 152 valence electrons. The minimum absolute atomic E-state index is 0.142. The summed E-state index contributed by atoms with van der Waals surface area (Å²) in [6.07, 6.45) is 4.79. The Balaban J connectivity index is 1.99. The van der Waals surface area contributed by atoms with Gasteiger partial charge in [-0.15, -0.1) is 0 Å². The van der Waals surface area contributed by atoms with Crippen LogP contribution < -0.4 is 5.73 Å². The highest BCUT2D eigenvalue weighted by Crippen LogP contribution is 2.34. The lowest BCUT2D eigenvalue weighted by Gasteiger charge is -2.26. The number of nitrogens with zero attached hydrogens (tertiary/aromatic N) is 4. The summed E-state index contributed by atoms with van der Waals surface area (Å²) in [4.78, 5) is 23.7. The number of rotatable bonds is 8. The summed E-state index contributed by atoms with van der Waals surface area (Å²) in [5.74, 6) is -0.958. The largest absolute Gasteiger partial charge is 0.481 e. The van der Waals surface area contributed by atoms with Gasteiger partial charge in [-0.25, -0.2) is 19.3 Å². The van der Waals surface area contributed by atoms with Crippen LogP contribution in [-0.4, -0.2) is 30.6 Å². The molecule has 0 fully saturated rings. The first-order chi connectivity index (χ1) is 13.7. The van der Waals surface area contributed by atoms with Crippen molar-refractivity contribution in [2.75, 3.05) is 5.73 Å². The van der Waals surface area contributed by atoms with Gasteiger partial charge in [0.2, 0.25) is 5.95 Å². The molecule has 0 aliphatic heterocycles. The van der Waals surface area contributed by atoms with Gasteiger partial charge in [-0.1, -0.05) is 13.8 Å². The van der Waals surface area contributed by atoms with E-state index in [9.17, 15) is 9.18 Å².